The molecule has 11 heavy (non-hydrogen) atoms. The summed E-state index contributed by atoms with van der Waals surface area (Å²) in [5, 5.41) is 0. The smallest absolute Gasteiger partial charge is 0.349 e. The van der Waals surface area contributed by atoms with Gasteiger partial charge in [-0.2, -0.15) is 4.37 Å². The predicted molar refractivity (Wildman–Crippen MR) is 40.0 cm³/mol. The normalized spacial score (nSPS) is 9.27. The Morgan fingerprint density at radius 2 is 2.36 bits per heavy atom. The summed E-state index contributed by atoms with van der Waals surface area (Å²) in [5.74, 6) is 0.0567. The van der Waals surface area contributed by atoms with E-state index in [1.165, 1.54) is 20.3 Å². The van der Waals surface area contributed by atoms with Crippen molar-refractivity contribution in [1.29, 1.82) is 0 Å². The number of methoxy groups -OCH3 is 2. The van der Waals surface area contributed by atoms with Crippen molar-refractivity contribution in [2.75, 3.05) is 14.2 Å². The van der Waals surface area contributed by atoms with Gasteiger partial charge >= 0.3 is 5.97 Å². The standard InChI is InChI=1S/C6H7NO3S/c1-9-5-3-4(11-7-5)6(8)10-2/h3H,1-2H3. The molecule has 0 spiro atoms. The molecular weight excluding hydrogens is 166 g/mol. The fraction of sp³-hybridized carbons (Fsp3) is 0.333. The molecule has 0 aliphatic carbocycles. The van der Waals surface area contributed by atoms with E-state index in [0.717, 1.165) is 11.5 Å². The average molecular weight is 173 g/mol. The molecule has 0 aromatic carbocycles. The molecule has 1 heterocycles. The van der Waals surface area contributed by atoms with Crippen LogP contribution in [0.25, 0.3) is 0 Å². The van der Waals surface area contributed by atoms with Crippen molar-refractivity contribution in [2.45, 2.75) is 0 Å². The molecule has 0 amide bonds. The van der Waals surface area contributed by atoms with Gasteiger partial charge in [0, 0.05) is 6.07 Å². The molecule has 60 valence electrons. The van der Waals surface area contributed by atoms with Crippen LogP contribution >= 0.6 is 11.5 Å². The Labute approximate surface area is 67.9 Å². The lowest BCUT2D eigenvalue weighted by molar-refractivity contribution is 0.0606. The fourth-order valence-electron chi connectivity index (χ4n) is 0.552. The maximum absolute atomic E-state index is 10.8. The number of carbonyl (C=O) groups excluding carboxylic acids is 1. The van der Waals surface area contributed by atoms with Gasteiger partial charge in [0.2, 0.25) is 5.88 Å². The first-order valence-electron chi connectivity index (χ1n) is 2.87. The van der Waals surface area contributed by atoms with E-state index in [1.54, 1.807) is 0 Å². The number of nitrogens with zero attached hydrogens (tertiary/aromatic N) is 1. The number of hydrogen-bond acceptors (Lipinski definition) is 5. The summed E-state index contributed by atoms with van der Waals surface area (Å²) >= 11 is 1.06. The maximum atomic E-state index is 10.8. The van der Waals surface area contributed by atoms with E-state index in [4.69, 9.17) is 4.74 Å². The molecule has 0 N–H and O–H groups in total. The molecular formula is C6H7NO3S. The van der Waals surface area contributed by atoms with Crippen molar-refractivity contribution in [3.05, 3.63) is 10.9 Å². The third-order valence-electron chi connectivity index (χ3n) is 1.08. The summed E-state index contributed by atoms with van der Waals surface area (Å²) in [6.45, 7) is 0. The maximum Gasteiger partial charge on any atom is 0.349 e. The van der Waals surface area contributed by atoms with Crippen LogP contribution in [-0.4, -0.2) is 24.6 Å². The third-order valence-corrected chi connectivity index (χ3v) is 1.84. The average Bonchev–Trinajstić information content (AvgIpc) is 2.50. The van der Waals surface area contributed by atoms with Gasteiger partial charge in [-0.15, -0.1) is 0 Å². The molecule has 0 fully saturated rings. The quantitative estimate of drug-likeness (QED) is 0.624. The lowest BCUT2D eigenvalue weighted by atomic mass is 10.5. The highest BCUT2D eigenvalue weighted by Crippen LogP contribution is 2.16. The SMILES string of the molecule is COC(=O)c1cc(OC)ns1. The molecule has 0 aliphatic rings. The number of ether oxygens (including phenoxy) is 2. The molecule has 1 rings (SSSR count). The molecule has 0 atom stereocenters. The van der Waals surface area contributed by atoms with Crippen molar-refractivity contribution >= 4 is 17.5 Å². The van der Waals surface area contributed by atoms with Gasteiger partial charge in [0.25, 0.3) is 0 Å². The topological polar surface area (TPSA) is 48.4 Å². The summed E-state index contributed by atoms with van der Waals surface area (Å²) in [7, 11) is 2.82. The second-order valence-electron chi connectivity index (χ2n) is 1.73. The fourth-order valence-corrected chi connectivity index (χ4v) is 1.18. The van der Waals surface area contributed by atoms with E-state index in [2.05, 4.69) is 9.11 Å². The lowest BCUT2D eigenvalue weighted by Gasteiger charge is -1.90. The summed E-state index contributed by atoms with van der Waals surface area (Å²) in [6, 6.07) is 1.54. The first-order valence-corrected chi connectivity index (χ1v) is 3.64. The van der Waals surface area contributed by atoms with Crippen LogP contribution in [0.2, 0.25) is 0 Å². The van der Waals surface area contributed by atoms with Crippen molar-refractivity contribution in [1.82, 2.24) is 4.37 Å². The number of carbonyl (C=O) groups is 1. The van der Waals surface area contributed by atoms with Crippen LogP contribution in [0, 0.1) is 0 Å². The van der Waals surface area contributed by atoms with Gasteiger partial charge in [0.05, 0.1) is 14.2 Å². The Kier molecular flexibility index (Phi) is 2.43. The molecule has 1 aromatic heterocycles. The minimum Gasteiger partial charge on any atom is -0.480 e. The lowest BCUT2D eigenvalue weighted by Crippen LogP contribution is -1.96. The molecule has 1 aromatic rings. The molecule has 0 saturated heterocycles. The Balaban J connectivity index is 2.80. The first-order chi connectivity index (χ1) is 5.27. The highest BCUT2D eigenvalue weighted by Gasteiger charge is 2.09. The van der Waals surface area contributed by atoms with Gasteiger partial charge in [0.15, 0.2) is 0 Å². The van der Waals surface area contributed by atoms with Gasteiger partial charge < -0.3 is 9.47 Å². The third kappa shape index (κ3) is 1.68. The van der Waals surface area contributed by atoms with Crippen LogP contribution in [0.3, 0.4) is 0 Å². The summed E-state index contributed by atoms with van der Waals surface area (Å²) in [4.78, 5) is 11.3. The molecule has 0 saturated carbocycles. The van der Waals surface area contributed by atoms with Gasteiger partial charge in [-0.05, 0) is 11.5 Å². The van der Waals surface area contributed by atoms with Gasteiger partial charge in [-0.3, -0.25) is 0 Å². The van der Waals surface area contributed by atoms with E-state index in [0.29, 0.717) is 10.8 Å². The van der Waals surface area contributed by atoms with Crippen LogP contribution < -0.4 is 4.74 Å². The van der Waals surface area contributed by atoms with E-state index in [9.17, 15) is 4.79 Å². The zero-order valence-corrected chi connectivity index (χ0v) is 6.97. The van der Waals surface area contributed by atoms with E-state index >= 15 is 0 Å². The number of esters is 1. The zero-order valence-electron chi connectivity index (χ0n) is 6.16. The molecule has 4 nitrogen and oxygen atoms in total. The molecule has 0 unspecified atom stereocenters. The van der Waals surface area contributed by atoms with Crippen molar-refractivity contribution < 1.29 is 14.3 Å². The molecule has 0 aliphatic heterocycles. The van der Waals surface area contributed by atoms with Crippen molar-refractivity contribution in [3.8, 4) is 5.88 Å². The monoisotopic (exact) mass is 173 g/mol. The highest BCUT2D eigenvalue weighted by molar-refractivity contribution is 7.08. The van der Waals surface area contributed by atoms with Crippen molar-refractivity contribution in [3.63, 3.8) is 0 Å². The predicted octanol–water partition coefficient (Wildman–Crippen LogP) is 0.938. The van der Waals surface area contributed by atoms with Crippen LogP contribution in [-0.2, 0) is 4.74 Å². The number of hydrogen-bond donors (Lipinski definition) is 0. The second-order valence-corrected chi connectivity index (χ2v) is 2.53. The van der Waals surface area contributed by atoms with Crippen LogP contribution in [0.1, 0.15) is 9.67 Å². The summed E-state index contributed by atoms with van der Waals surface area (Å²) < 4.78 is 13.1. The Morgan fingerprint density at radius 3 is 2.82 bits per heavy atom. The number of aromatic nitrogens is 1. The zero-order chi connectivity index (χ0) is 8.27. The Bertz CT molecular complexity index is 258. The summed E-state index contributed by atoms with van der Waals surface area (Å²) in [5.41, 5.74) is 0. The first kappa shape index (κ1) is 8.00. The Morgan fingerprint density at radius 1 is 1.64 bits per heavy atom. The van der Waals surface area contributed by atoms with Gasteiger partial charge in [0.1, 0.15) is 4.88 Å². The van der Waals surface area contributed by atoms with Crippen molar-refractivity contribution in [2.24, 2.45) is 0 Å². The van der Waals surface area contributed by atoms with Crippen LogP contribution in [0.15, 0.2) is 6.07 Å². The van der Waals surface area contributed by atoms with E-state index in [-0.39, 0.29) is 5.97 Å². The highest BCUT2D eigenvalue weighted by atomic mass is 32.1. The van der Waals surface area contributed by atoms with Gasteiger partial charge in [-0.25, -0.2) is 4.79 Å². The Hall–Kier alpha value is -1.10. The van der Waals surface area contributed by atoms with E-state index in [1.807, 2.05) is 0 Å². The minimum atomic E-state index is -0.384. The summed E-state index contributed by atoms with van der Waals surface area (Å²) in [6.07, 6.45) is 0. The molecule has 0 radical (unpaired) electrons. The van der Waals surface area contributed by atoms with E-state index < -0.39 is 0 Å². The minimum absolute atomic E-state index is 0.384. The van der Waals surface area contributed by atoms with Gasteiger partial charge in [-0.1, -0.05) is 0 Å². The van der Waals surface area contributed by atoms with Crippen LogP contribution in [0.5, 0.6) is 5.88 Å². The largest absolute Gasteiger partial charge is 0.480 e. The second kappa shape index (κ2) is 3.34. The molecule has 0 bridgehead atoms. The van der Waals surface area contributed by atoms with Crippen LogP contribution in [0.4, 0.5) is 0 Å². The number of rotatable bonds is 2. The molecule has 5 heteroatoms.